The van der Waals surface area contributed by atoms with E-state index in [2.05, 4.69) is 0 Å². The Balaban J connectivity index is 0. The van der Waals surface area contributed by atoms with Gasteiger partial charge in [-0.05, 0) is 13.3 Å². The minimum absolute atomic E-state index is 0.00926. The van der Waals surface area contributed by atoms with E-state index in [0.717, 1.165) is 6.42 Å². The van der Waals surface area contributed by atoms with Crippen molar-refractivity contribution >= 4 is 0 Å². The van der Waals surface area contributed by atoms with Crippen LogP contribution in [0.15, 0.2) is 0 Å². The molecule has 3 heteroatoms. The van der Waals surface area contributed by atoms with E-state index in [9.17, 15) is 0 Å². The van der Waals surface area contributed by atoms with Gasteiger partial charge in [0.2, 0.25) is 0 Å². The molecule has 0 heterocycles. The molecule has 58 valence electrons. The molecule has 0 aliphatic carbocycles. The van der Waals surface area contributed by atoms with Crippen LogP contribution in [0.3, 0.4) is 0 Å². The fourth-order valence-corrected chi connectivity index (χ4v) is 0.129. The first kappa shape index (κ1) is 11.6. The topological polar surface area (TPSA) is 66.5 Å². The van der Waals surface area contributed by atoms with Crippen LogP contribution in [0.5, 0.6) is 0 Å². The maximum absolute atomic E-state index is 8.21. The van der Waals surface area contributed by atoms with Gasteiger partial charge in [0.1, 0.15) is 0 Å². The highest BCUT2D eigenvalue weighted by Gasteiger charge is 1.90. The molecule has 0 bridgehead atoms. The highest BCUT2D eigenvalue weighted by molar-refractivity contribution is 4.51. The molecule has 0 aromatic heterocycles. The summed E-state index contributed by atoms with van der Waals surface area (Å²) in [6.45, 7) is 3.98. The SMILES string of the molecule is CCO.CC[C@H](N)CO. The second kappa shape index (κ2) is 10.8. The van der Waals surface area contributed by atoms with Gasteiger partial charge < -0.3 is 15.9 Å². The predicted octanol–water partition coefficient (Wildman–Crippen LogP) is -0.285. The Kier molecular flexibility index (Phi) is 14.0. The van der Waals surface area contributed by atoms with E-state index in [1.54, 1.807) is 6.92 Å². The summed E-state index contributed by atoms with van der Waals surface area (Å²) in [7, 11) is 0. The van der Waals surface area contributed by atoms with Crippen LogP contribution in [-0.2, 0) is 0 Å². The van der Waals surface area contributed by atoms with Crippen LogP contribution >= 0.6 is 0 Å². The molecule has 0 saturated heterocycles. The molecule has 0 spiro atoms. The Labute approximate surface area is 56.5 Å². The first-order valence-electron chi connectivity index (χ1n) is 3.20. The highest BCUT2D eigenvalue weighted by Crippen LogP contribution is 1.79. The maximum atomic E-state index is 8.21. The van der Waals surface area contributed by atoms with Crippen molar-refractivity contribution in [2.75, 3.05) is 13.2 Å². The van der Waals surface area contributed by atoms with E-state index < -0.39 is 0 Å². The average Bonchev–Trinajstić information content (AvgIpc) is 1.88. The summed E-state index contributed by atoms with van der Waals surface area (Å²) < 4.78 is 0. The minimum atomic E-state index is -0.00926. The third kappa shape index (κ3) is 18.1. The van der Waals surface area contributed by atoms with Gasteiger partial charge in [0.25, 0.3) is 0 Å². The summed E-state index contributed by atoms with van der Waals surface area (Å²) in [6.07, 6.45) is 0.858. The third-order valence-corrected chi connectivity index (χ3v) is 0.759. The third-order valence-electron chi connectivity index (χ3n) is 0.759. The standard InChI is InChI=1S/C4H11NO.C2H6O/c1-2-4(5)3-6;1-2-3/h4,6H,2-3,5H2,1H3;3H,2H2,1H3/t4-;/m0./s1. The molecular weight excluding hydrogens is 118 g/mol. The van der Waals surface area contributed by atoms with Gasteiger partial charge in [0.15, 0.2) is 0 Å². The van der Waals surface area contributed by atoms with Crippen LogP contribution in [0.25, 0.3) is 0 Å². The lowest BCUT2D eigenvalue weighted by molar-refractivity contribution is 0.263. The largest absolute Gasteiger partial charge is 0.397 e. The van der Waals surface area contributed by atoms with Gasteiger partial charge in [-0.2, -0.15) is 0 Å². The number of aliphatic hydroxyl groups excluding tert-OH is 2. The molecule has 0 fully saturated rings. The quantitative estimate of drug-likeness (QED) is 0.487. The Morgan fingerprint density at radius 1 is 1.33 bits per heavy atom. The normalized spacial score (nSPS) is 11.7. The zero-order valence-corrected chi connectivity index (χ0v) is 6.17. The van der Waals surface area contributed by atoms with Gasteiger partial charge in [-0.1, -0.05) is 6.92 Å². The smallest absolute Gasteiger partial charge is 0.0582 e. The monoisotopic (exact) mass is 135 g/mol. The van der Waals surface area contributed by atoms with Crippen LogP contribution in [0.4, 0.5) is 0 Å². The van der Waals surface area contributed by atoms with Crippen LogP contribution in [0, 0.1) is 0 Å². The molecule has 4 N–H and O–H groups in total. The average molecular weight is 135 g/mol. The Bertz CT molecular complexity index is 38.0. The lowest BCUT2D eigenvalue weighted by Gasteiger charge is -1.98. The summed E-state index contributed by atoms with van der Waals surface area (Å²) in [5, 5.41) is 15.8. The number of hydrogen-bond acceptors (Lipinski definition) is 3. The van der Waals surface area contributed by atoms with Crippen LogP contribution in [0.2, 0.25) is 0 Å². The molecule has 0 amide bonds. The van der Waals surface area contributed by atoms with E-state index in [0.29, 0.717) is 0 Å². The van der Waals surface area contributed by atoms with Crippen molar-refractivity contribution in [3.05, 3.63) is 0 Å². The molecule has 0 rings (SSSR count). The molecule has 1 atom stereocenters. The molecule has 0 aliphatic heterocycles. The summed E-state index contributed by atoms with van der Waals surface area (Å²) in [5.74, 6) is 0. The number of nitrogens with two attached hydrogens (primary N) is 1. The van der Waals surface area contributed by atoms with E-state index >= 15 is 0 Å². The van der Waals surface area contributed by atoms with Crippen molar-refractivity contribution in [2.24, 2.45) is 5.73 Å². The second-order valence-corrected chi connectivity index (χ2v) is 1.67. The summed E-state index contributed by atoms with van der Waals surface area (Å²) in [5.41, 5.74) is 5.22. The number of aliphatic hydroxyl groups is 2. The van der Waals surface area contributed by atoms with Crippen molar-refractivity contribution in [1.29, 1.82) is 0 Å². The molecule has 0 aliphatic rings. The first-order chi connectivity index (χ1) is 4.22. The molecule has 3 nitrogen and oxygen atoms in total. The Hall–Kier alpha value is -0.120. The Morgan fingerprint density at radius 3 is 1.67 bits per heavy atom. The molecule has 0 saturated carbocycles. The zero-order valence-electron chi connectivity index (χ0n) is 6.17. The van der Waals surface area contributed by atoms with Crippen molar-refractivity contribution in [3.63, 3.8) is 0 Å². The minimum Gasteiger partial charge on any atom is -0.397 e. The van der Waals surface area contributed by atoms with Crippen LogP contribution in [-0.4, -0.2) is 29.5 Å². The first-order valence-corrected chi connectivity index (χ1v) is 3.20. The van der Waals surface area contributed by atoms with E-state index in [1.807, 2.05) is 6.92 Å². The van der Waals surface area contributed by atoms with E-state index in [1.165, 1.54) is 0 Å². The number of rotatable bonds is 2. The van der Waals surface area contributed by atoms with Gasteiger partial charge in [-0.15, -0.1) is 0 Å². The fraction of sp³-hybridized carbons (Fsp3) is 1.00. The van der Waals surface area contributed by atoms with Crippen LogP contribution < -0.4 is 5.73 Å². The van der Waals surface area contributed by atoms with E-state index in [-0.39, 0.29) is 19.3 Å². The maximum Gasteiger partial charge on any atom is 0.0582 e. The predicted molar refractivity (Wildman–Crippen MR) is 38.1 cm³/mol. The number of hydrogen-bond donors (Lipinski definition) is 3. The summed E-state index contributed by atoms with van der Waals surface area (Å²) in [6, 6.07) is -0.00926. The zero-order chi connectivity index (χ0) is 7.70. The molecule has 0 aromatic carbocycles. The van der Waals surface area contributed by atoms with E-state index in [4.69, 9.17) is 15.9 Å². The van der Waals surface area contributed by atoms with Crippen molar-refractivity contribution in [1.82, 2.24) is 0 Å². The lowest BCUT2D eigenvalue weighted by atomic mass is 10.3. The van der Waals surface area contributed by atoms with Crippen molar-refractivity contribution in [2.45, 2.75) is 26.3 Å². The molecule has 0 unspecified atom stereocenters. The molecule has 9 heavy (non-hydrogen) atoms. The summed E-state index contributed by atoms with van der Waals surface area (Å²) in [4.78, 5) is 0. The second-order valence-electron chi connectivity index (χ2n) is 1.67. The molecule has 0 aromatic rings. The van der Waals surface area contributed by atoms with Gasteiger partial charge >= 0.3 is 0 Å². The van der Waals surface area contributed by atoms with Crippen molar-refractivity contribution in [3.8, 4) is 0 Å². The lowest BCUT2D eigenvalue weighted by Crippen LogP contribution is -2.22. The van der Waals surface area contributed by atoms with Gasteiger partial charge in [-0.3, -0.25) is 0 Å². The highest BCUT2D eigenvalue weighted by atomic mass is 16.3. The van der Waals surface area contributed by atoms with Crippen LogP contribution in [0.1, 0.15) is 20.3 Å². The van der Waals surface area contributed by atoms with Gasteiger partial charge in [0.05, 0.1) is 6.61 Å². The summed E-state index contributed by atoms with van der Waals surface area (Å²) >= 11 is 0. The van der Waals surface area contributed by atoms with Crippen molar-refractivity contribution < 1.29 is 10.2 Å². The Morgan fingerprint density at radius 2 is 1.67 bits per heavy atom. The van der Waals surface area contributed by atoms with Gasteiger partial charge in [0, 0.05) is 12.6 Å². The molecule has 0 radical (unpaired) electrons. The fourth-order valence-electron chi connectivity index (χ4n) is 0.129. The molecular formula is C6H17NO2. The van der Waals surface area contributed by atoms with Gasteiger partial charge in [-0.25, -0.2) is 0 Å².